The Bertz CT molecular complexity index is 2770. The molecule has 4 aromatic heterocycles. The van der Waals surface area contributed by atoms with Crippen LogP contribution in [0.2, 0.25) is 0 Å². The van der Waals surface area contributed by atoms with Gasteiger partial charge in [0.2, 0.25) is 11.8 Å². The molecule has 0 aliphatic heterocycles. The lowest BCUT2D eigenvalue weighted by Gasteiger charge is -2.18. The molecule has 1 N–H and O–H groups in total. The van der Waals surface area contributed by atoms with Crippen molar-refractivity contribution in [3.05, 3.63) is 191 Å². The largest absolute Gasteiger partial charge is 0.481 e. The van der Waals surface area contributed by atoms with Gasteiger partial charge in [0.15, 0.2) is 11.6 Å². The van der Waals surface area contributed by atoms with Crippen LogP contribution < -0.4 is 9.47 Å². The number of nitro groups is 1. The normalized spacial score (nSPS) is 11.9. The van der Waals surface area contributed by atoms with E-state index >= 15 is 0 Å². The van der Waals surface area contributed by atoms with Crippen molar-refractivity contribution < 1.29 is 41.7 Å². The van der Waals surface area contributed by atoms with Crippen LogP contribution in [0.1, 0.15) is 22.3 Å². The first-order chi connectivity index (χ1) is 30.9. The summed E-state index contributed by atoms with van der Waals surface area (Å²) in [5.74, 6) is -0.150. The molecule has 326 valence electrons. The maximum atomic E-state index is 13.5. The molecule has 0 amide bonds. The second-order valence-corrected chi connectivity index (χ2v) is 15.8. The van der Waals surface area contributed by atoms with Gasteiger partial charge in [-0.2, -0.15) is 8.42 Å². The van der Waals surface area contributed by atoms with Crippen LogP contribution in [0, 0.1) is 10.1 Å². The third kappa shape index (κ3) is 12.5. The van der Waals surface area contributed by atoms with E-state index in [1.165, 1.54) is 14.2 Å². The van der Waals surface area contributed by atoms with E-state index in [1.54, 1.807) is 85.7 Å². The van der Waals surface area contributed by atoms with Crippen molar-refractivity contribution in [2.75, 3.05) is 14.2 Å². The lowest BCUT2D eigenvalue weighted by molar-refractivity contribution is -0.384. The minimum atomic E-state index is -4.42. The Labute approximate surface area is 369 Å². The van der Waals surface area contributed by atoms with Crippen LogP contribution in [0.4, 0.5) is 5.69 Å². The molecule has 7 rings (SSSR count). The highest BCUT2D eigenvalue weighted by Crippen LogP contribution is 2.28. The van der Waals surface area contributed by atoms with Crippen LogP contribution in [-0.2, 0) is 49.6 Å². The van der Waals surface area contributed by atoms with E-state index in [9.17, 15) is 33.2 Å². The molecule has 0 aliphatic carbocycles. The smallest absolute Gasteiger partial charge is 0.297 e. The lowest BCUT2D eigenvalue weighted by atomic mass is 9.99. The molecule has 0 unspecified atom stereocenters. The average molecular weight is 882 g/mol. The molecule has 0 bridgehead atoms. The first kappa shape index (κ1) is 46.0. The van der Waals surface area contributed by atoms with Crippen molar-refractivity contribution in [1.29, 1.82) is 0 Å². The molecule has 7 aromatic rings. The standard InChI is InChI=1S/C27H23N3O7S.C21H20N2O3/c1-36-27-21(16-22(18-29-27)20-11-13-28-14-12-20)17-25(31)26(15-19-5-3-2-4-6-19)37-38(34,35)24-9-7-23(8-10-24)30(32)33;1-26-21-17(12-18(14-23-21)16-7-9-22-10-8-16)13-20(25)19(24)11-15-5-3-2-4-6-15/h2-14,16,18,26H,15,17H2,1H3;2-10,12,14,19,24H,11,13H2,1H3/t26-;19-/m11/s1. The van der Waals surface area contributed by atoms with Gasteiger partial charge in [0.25, 0.3) is 15.8 Å². The van der Waals surface area contributed by atoms with Crippen molar-refractivity contribution in [1.82, 2.24) is 19.9 Å². The number of aliphatic hydroxyl groups excluding tert-OH is 1. The summed E-state index contributed by atoms with van der Waals surface area (Å²) < 4.78 is 42.1. The number of pyridine rings is 4. The summed E-state index contributed by atoms with van der Waals surface area (Å²) in [5.41, 5.74) is 5.85. The maximum absolute atomic E-state index is 13.5. The summed E-state index contributed by atoms with van der Waals surface area (Å²) in [4.78, 5) is 52.6. The fourth-order valence-corrected chi connectivity index (χ4v) is 7.61. The topological polar surface area (TPSA) is 211 Å². The highest BCUT2D eigenvalue weighted by Gasteiger charge is 2.29. The van der Waals surface area contributed by atoms with Crippen LogP contribution in [-0.4, -0.2) is 76.4 Å². The fraction of sp³-hybridized carbons (Fsp3) is 0.167. The van der Waals surface area contributed by atoms with E-state index in [-0.39, 0.29) is 41.5 Å². The molecule has 0 saturated heterocycles. The Hall–Kier alpha value is -7.53. The Morgan fingerprint density at radius 2 is 1.09 bits per heavy atom. The second kappa shape index (κ2) is 22.0. The summed E-state index contributed by atoms with van der Waals surface area (Å²) in [6.07, 6.45) is 7.69. The first-order valence-corrected chi connectivity index (χ1v) is 21.2. The van der Waals surface area contributed by atoms with Crippen LogP contribution in [0.15, 0.2) is 163 Å². The number of Topliss-reactive ketones (excluding diaryl/α,β-unsaturated/α-hetero) is 2. The predicted octanol–water partition coefficient (Wildman–Crippen LogP) is 7.06. The molecule has 3 aromatic carbocycles. The summed E-state index contributed by atoms with van der Waals surface area (Å²) >= 11 is 0. The van der Waals surface area contributed by atoms with Gasteiger partial charge in [-0.1, -0.05) is 60.7 Å². The van der Waals surface area contributed by atoms with Crippen LogP contribution >= 0.6 is 0 Å². The molecular formula is C48H43N5O10S. The molecular weight excluding hydrogens is 839 g/mol. The monoisotopic (exact) mass is 881 g/mol. The van der Waals surface area contributed by atoms with Gasteiger partial charge in [-0.15, -0.1) is 0 Å². The van der Waals surface area contributed by atoms with Gasteiger partial charge in [0.1, 0.15) is 12.2 Å². The number of carbonyl (C=O) groups excluding carboxylic acids is 2. The Morgan fingerprint density at radius 1 is 0.641 bits per heavy atom. The van der Waals surface area contributed by atoms with Crippen molar-refractivity contribution in [3.8, 4) is 34.0 Å². The van der Waals surface area contributed by atoms with Gasteiger partial charge < -0.3 is 14.6 Å². The molecule has 64 heavy (non-hydrogen) atoms. The highest BCUT2D eigenvalue weighted by atomic mass is 32.2. The van der Waals surface area contributed by atoms with Crippen molar-refractivity contribution >= 4 is 27.4 Å². The molecule has 2 atom stereocenters. The predicted molar refractivity (Wildman–Crippen MR) is 237 cm³/mol. The lowest BCUT2D eigenvalue weighted by Crippen LogP contribution is -2.31. The number of aromatic nitrogens is 4. The van der Waals surface area contributed by atoms with Gasteiger partial charge in [-0.25, -0.2) is 9.97 Å². The zero-order valence-electron chi connectivity index (χ0n) is 34.8. The van der Waals surface area contributed by atoms with Gasteiger partial charge in [0.05, 0.1) is 24.0 Å². The highest BCUT2D eigenvalue weighted by molar-refractivity contribution is 7.86. The van der Waals surface area contributed by atoms with E-state index in [0.717, 1.165) is 52.1 Å². The number of carbonyl (C=O) groups is 2. The zero-order chi connectivity index (χ0) is 45.5. The molecule has 16 heteroatoms. The Kier molecular flexibility index (Phi) is 15.8. The van der Waals surface area contributed by atoms with Gasteiger partial charge in [-0.3, -0.25) is 33.9 Å². The number of non-ortho nitro benzene ring substituents is 1. The number of aliphatic hydroxyl groups is 1. The number of hydrogen-bond acceptors (Lipinski definition) is 14. The van der Waals surface area contributed by atoms with E-state index in [2.05, 4.69) is 19.9 Å². The minimum absolute atomic E-state index is 0.00826. The van der Waals surface area contributed by atoms with E-state index < -0.39 is 33.0 Å². The van der Waals surface area contributed by atoms with Crippen LogP contribution in [0.25, 0.3) is 22.3 Å². The number of ether oxygens (including phenoxy) is 2. The molecule has 0 saturated carbocycles. The summed E-state index contributed by atoms with van der Waals surface area (Å²) in [7, 11) is -1.48. The number of ketones is 2. The third-order valence-electron chi connectivity index (χ3n) is 9.84. The number of nitrogens with zero attached hydrogens (tertiary/aromatic N) is 5. The first-order valence-electron chi connectivity index (χ1n) is 19.8. The Morgan fingerprint density at radius 3 is 1.55 bits per heavy atom. The Balaban J connectivity index is 0.000000228. The molecule has 15 nitrogen and oxygen atoms in total. The van der Waals surface area contributed by atoms with Crippen LogP contribution in [0.3, 0.4) is 0 Å². The van der Waals surface area contributed by atoms with Crippen molar-refractivity contribution in [3.63, 3.8) is 0 Å². The minimum Gasteiger partial charge on any atom is -0.481 e. The summed E-state index contributed by atoms with van der Waals surface area (Å²) in [6.45, 7) is 0. The number of nitro benzene ring substituents is 1. The maximum Gasteiger partial charge on any atom is 0.297 e. The zero-order valence-corrected chi connectivity index (χ0v) is 35.6. The molecule has 0 aliphatic rings. The average Bonchev–Trinajstić information content (AvgIpc) is 3.32. The number of rotatable bonds is 18. The molecule has 0 spiro atoms. The van der Waals surface area contributed by atoms with E-state index in [1.807, 2.05) is 48.5 Å². The third-order valence-corrected chi connectivity index (χ3v) is 11.2. The molecule has 0 radical (unpaired) electrons. The number of methoxy groups -OCH3 is 2. The molecule has 0 fully saturated rings. The number of hydrogen-bond donors (Lipinski definition) is 1. The van der Waals surface area contributed by atoms with Crippen molar-refractivity contribution in [2.45, 2.75) is 42.8 Å². The van der Waals surface area contributed by atoms with E-state index in [4.69, 9.17) is 13.7 Å². The van der Waals surface area contributed by atoms with Gasteiger partial charge in [-0.05, 0) is 70.8 Å². The van der Waals surface area contributed by atoms with Crippen molar-refractivity contribution in [2.24, 2.45) is 0 Å². The SMILES string of the molecule is COc1ncc(-c2ccncc2)cc1CC(=O)[C@@H](Cc1ccccc1)OS(=O)(=O)c1ccc([N+](=O)[O-])cc1.COc1ncc(-c2ccncc2)cc1CC(=O)[C@H](O)Cc1ccccc1. The van der Waals surface area contributed by atoms with Gasteiger partial charge >= 0.3 is 0 Å². The second-order valence-electron chi connectivity index (χ2n) is 14.2. The molecule has 4 heterocycles. The quantitative estimate of drug-likeness (QED) is 0.0520. The van der Waals surface area contributed by atoms with Gasteiger partial charge in [0, 0.05) is 97.3 Å². The van der Waals surface area contributed by atoms with E-state index in [0.29, 0.717) is 29.0 Å². The summed E-state index contributed by atoms with van der Waals surface area (Å²) in [5, 5.41) is 21.2. The van der Waals surface area contributed by atoms with Crippen LogP contribution in [0.5, 0.6) is 11.8 Å². The fourth-order valence-electron chi connectivity index (χ4n) is 6.55. The number of benzene rings is 3. The summed E-state index contributed by atoms with van der Waals surface area (Å²) in [6, 6.07) is 33.6.